The molecule has 1 N–H and O–H groups in total. The van der Waals surface area contributed by atoms with Crippen LogP contribution in [0.5, 0.6) is 0 Å². The van der Waals surface area contributed by atoms with Crippen molar-refractivity contribution in [2.45, 2.75) is 0 Å². The molecule has 0 aliphatic carbocycles. The van der Waals surface area contributed by atoms with Crippen LogP contribution in [0.2, 0.25) is 0 Å². The molecule has 1 fully saturated rings. The van der Waals surface area contributed by atoms with Gasteiger partial charge in [-0.3, -0.25) is 14.5 Å². The van der Waals surface area contributed by atoms with E-state index in [1.54, 1.807) is 18.2 Å². The van der Waals surface area contributed by atoms with Gasteiger partial charge in [-0.25, -0.2) is 4.39 Å². The molecule has 0 spiro atoms. The molecular formula is C17H12BrFN2O2S. The predicted molar refractivity (Wildman–Crippen MR) is 96.8 cm³/mol. The second-order valence-electron chi connectivity index (χ2n) is 4.98. The highest BCUT2D eigenvalue weighted by Gasteiger charge is 2.34. The summed E-state index contributed by atoms with van der Waals surface area (Å²) < 4.78 is 14.6. The normalized spacial score (nSPS) is 16.1. The lowest BCUT2D eigenvalue weighted by atomic mass is 10.2. The Labute approximate surface area is 150 Å². The number of amides is 2. The molecule has 7 heteroatoms. The smallest absolute Gasteiger partial charge is 0.295 e. The molecule has 0 radical (unpaired) electrons. The van der Waals surface area contributed by atoms with Gasteiger partial charge in [-0.05, 0) is 42.1 Å². The highest BCUT2D eigenvalue weighted by Crippen LogP contribution is 2.32. The van der Waals surface area contributed by atoms with Crippen molar-refractivity contribution in [1.29, 1.82) is 0 Å². The summed E-state index contributed by atoms with van der Waals surface area (Å²) in [4.78, 5) is 25.7. The Hall–Kier alpha value is -2.12. The number of imide groups is 1. The monoisotopic (exact) mass is 406 g/mol. The lowest BCUT2D eigenvalue weighted by Gasteiger charge is -2.14. The molecule has 2 amide bonds. The Morgan fingerprint density at radius 3 is 2.71 bits per heavy atom. The minimum absolute atomic E-state index is 0.0513. The molecule has 1 saturated heterocycles. The molecule has 0 unspecified atom stereocenters. The summed E-state index contributed by atoms with van der Waals surface area (Å²) in [6.45, 7) is 0.0513. The first-order valence-electron chi connectivity index (χ1n) is 7.04. The summed E-state index contributed by atoms with van der Waals surface area (Å²) in [6.07, 6.45) is 1.40. The zero-order valence-electron chi connectivity index (χ0n) is 12.3. The van der Waals surface area contributed by atoms with Gasteiger partial charge in [0.2, 0.25) is 0 Å². The van der Waals surface area contributed by atoms with Crippen LogP contribution in [0.4, 0.5) is 14.9 Å². The van der Waals surface area contributed by atoms with Gasteiger partial charge in [0.1, 0.15) is 5.82 Å². The van der Waals surface area contributed by atoms with Crippen molar-refractivity contribution >= 4 is 50.6 Å². The fourth-order valence-corrected chi connectivity index (χ4v) is 3.37. The molecule has 24 heavy (non-hydrogen) atoms. The van der Waals surface area contributed by atoms with Crippen molar-refractivity contribution < 1.29 is 14.0 Å². The van der Waals surface area contributed by atoms with Gasteiger partial charge in [0.25, 0.3) is 11.1 Å². The zero-order valence-corrected chi connectivity index (χ0v) is 14.7. The Morgan fingerprint density at radius 1 is 1.17 bits per heavy atom. The van der Waals surface area contributed by atoms with Gasteiger partial charge < -0.3 is 5.32 Å². The van der Waals surface area contributed by atoms with Gasteiger partial charge in [-0.2, -0.15) is 0 Å². The number of hydrogen-bond donors (Lipinski definition) is 1. The first-order chi connectivity index (χ1) is 11.5. The Bertz CT molecular complexity index is 841. The van der Waals surface area contributed by atoms with Crippen molar-refractivity contribution in [3.8, 4) is 0 Å². The second kappa shape index (κ2) is 7.19. The zero-order chi connectivity index (χ0) is 17.1. The third kappa shape index (κ3) is 3.68. The third-order valence-corrected chi connectivity index (χ3v) is 4.73. The van der Waals surface area contributed by atoms with E-state index in [1.165, 1.54) is 12.1 Å². The fraction of sp³-hybridized carbons (Fsp3) is 0.0588. The van der Waals surface area contributed by atoms with Crippen molar-refractivity contribution in [1.82, 2.24) is 4.90 Å². The standard InChI is InChI=1S/C17H12BrFN2O2S/c18-12-5-3-6-13(9-12)20-10-21-16(22)15(24-17(21)23)8-11-4-1-2-7-14(11)19/h1-9,20H,10H2/b15-8+. The number of benzene rings is 2. The van der Waals surface area contributed by atoms with Crippen molar-refractivity contribution in [3.05, 3.63) is 69.3 Å². The Kier molecular flexibility index (Phi) is 5.01. The largest absolute Gasteiger partial charge is 0.367 e. The molecule has 122 valence electrons. The van der Waals surface area contributed by atoms with Gasteiger partial charge in [-0.1, -0.05) is 40.2 Å². The summed E-state index contributed by atoms with van der Waals surface area (Å²) in [5.74, 6) is -0.868. The van der Waals surface area contributed by atoms with Gasteiger partial charge in [0, 0.05) is 15.7 Å². The topological polar surface area (TPSA) is 49.4 Å². The highest BCUT2D eigenvalue weighted by atomic mass is 79.9. The molecular weight excluding hydrogens is 395 g/mol. The van der Waals surface area contributed by atoms with E-state index in [9.17, 15) is 14.0 Å². The quantitative estimate of drug-likeness (QED) is 0.747. The first-order valence-corrected chi connectivity index (χ1v) is 8.65. The van der Waals surface area contributed by atoms with Crippen LogP contribution in [-0.2, 0) is 4.79 Å². The molecule has 1 aliphatic rings. The Balaban J connectivity index is 1.73. The van der Waals surface area contributed by atoms with E-state index in [0.717, 1.165) is 26.8 Å². The van der Waals surface area contributed by atoms with Gasteiger partial charge in [-0.15, -0.1) is 0 Å². The maximum atomic E-state index is 13.7. The summed E-state index contributed by atoms with van der Waals surface area (Å²) in [5.41, 5.74) is 1.06. The van der Waals surface area contributed by atoms with Crippen LogP contribution in [0.3, 0.4) is 0 Å². The minimum Gasteiger partial charge on any atom is -0.367 e. The predicted octanol–water partition coefficient (Wildman–Crippen LogP) is 4.69. The average Bonchev–Trinajstić information content (AvgIpc) is 2.82. The van der Waals surface area contributed by atoms with Crippen molar-refractivity contribution in [2.24, 2.45) is 0 Å². The number of thioether (sulfide) groups is 1. The van der Waals surface area contributed by atoms with Crippen LogP contribution in [0.15, 0.2) is 57.9 Å². The number of anilines is 1. The number of halogens is 2. The lowest BCUT2D eigenvalue weighted by molar-refractivity contribution is -0.122. The summed E-state index contributed by atoms with van der Waals surface area (Å²) in [6, 6.07) is 13.5. The Morgan fingerprint density at radius 2 is 1.96 bits per heavy atom. The molecule has 4 nitrogen and oxygen atoms in total. The SMILES string of the molecule is O=C1S/C(=C/c2ccccc2F)C(=O)N1CNc1cccc(Br)c1. The molecule has 3 rings (SSSR count). The molecule has 1 aliphatic heterocycles. The fourth-order valence-electron chi connectivity index (χ4n) is 2.14. The van der Waals surface area contributed by atoms with E-state index in [2.05, 4.69) is 21.2 Å². The average molecular weight is 407 g/mol. The van der Waals surface area contributed by atoms with E-state index >= 15 is 0 Å². The second-order valence-corrected chi connectivity index (χ2v) is 6.89. The van der Waals surface area contributed by atoms with E-state index in [0.29, 0.717) is 0 Å². The van der Waals surface area contributed by atoms with E-state index in [4.69, 9.17) is 0 Å². The molecule has 2 aromatic rings. The molecule has 2 aromatic carbocycles. The van der Waals surface area contributed by atoms with Crippen LogP contribution in [0.25, 0.3) is 6.08 Å². The maximum Gasteiger partial charge on any atom is 0.295 e. The summed E-state index contributed by atoms with van der Waals surface area (Å²) >= 11 is 4.16. The number of nitrogens with zero attached hydrogens (tertiary/aromatic N) is 1. The van der Waals surface area contributed by atoms with Crippen molar-refractivity contribution in [3.63, 3.8) is 0 Å². The van der Waals surface area contributed by atoms with Crippen LogP contribution in [-0.4, -0.2) is 22.7 Å². The van der Waals surface area contributed by atoms with Crippen LogP contribution in [0.1, 0.15) is 5.56 Å². The van der Waals surface area contributed by atoms with E-state index < -0.39 is 11.7 Å². The summed E-state index contributed by atoms with van der Waals surface area (Å²) in [5, 5.41) is 2.64. The first kappa shape index (κ1) is 16.7. The van der Waals surface area contributed by atoms with Crippen molar-refractivity contribution in [2.75, 3.05) is 12.0 Å². The lowest BCUT2D eigenvalue weighted by Crippen LogP contribution is -2.33. The molecule has 0 atom stereocenters. The highest BCUT2D eigenvalue weighted by molar-refractivity contribution is 9.10. The van der Waals surface area contributed by atoms with Crippen LogP contribution < -0.4 is 5.32 Å². The number of nitrogens with one attached hydrogen (secondary N) is 1. The third-order valence-electron chi connectivity index (χ3n) is 3.33. The van der Waals surface area contributed by atoms with E-state index in [1.807, 2.05) is 24.3 Å². The number of carbonyl (C=O) groups is 2. The van der Waals surface area contributed by atoms with Gasteiger partial charge in [0.15, 0.2) is 0 Å². The number of hydrogen-bond acceptors (Lipinski definition) is 4. The summed E-state index contributed by atoms with van der Waals surface area (Å²) in [7, 11) is 0. The van der Waals surface area contributed by atoms with Gasteiger partial charge in [0.05, 0.1) is 11.6 Å². The molecule has 1 heterocycles. The number of carbonyl (C=O) groups excluding carboxylic acids is 2. The minimum atomic E-state index is -0.434. The van der Waals surface area contributed by atoms with Crippen LogP contribution >= 0.6 is 27.7 Å². The molecule has 0 saturated carbocycles. The number of rotatable bonds is 4. The maximum absolute atomic E-state index is 13.7. The van der Waals surface area contributed by atoms with Gasteiger partial charge >= 0.3 is 0 Å². The van der Waals surface area contributed by atoms with E-state index in [-0.39, 0.29) is 22.4 Å². The molecule has 0 aromatic heterocycles. The van der Waals surface area contributed by atoms with Crippen LogP contribution in [0, 0.1) is 5.82 Å². The molecule has 0 bridgehead atoms.